The van der Waals surface area contributed by atoms with E-state index in [1.165, 1.54) is 29.5 Å². The van der Waals surface area contributed by atoms with Crippen LogP contribution < -0.4 is 10.6 Å². The predicted molar refractivity (Wildman–Crippen MR) is 112 cm³/mol. The van der Waals surface area contributed by atoms with Gasteiger partial charge < -0.3 is 10.6 Å². The second-order valence-corrected chi connectivity index (χ2v) is 8.72. The van der Waals surface area contributed by atoms with Gasteiger partial charge in [0.25, 0.3) is 5.91 Å². The first-order chi connectivity index (χ1) is 14.1. The first-order valence-electron chi connectivity index (χ1n) is 8.56. The van der Waals surface area contributed by atoms with E-state index in [4.69, 9.17) is 34.8 Å². The van der Waals surface area contributed by atoms with Crippen molar-refractivity contribution in [3.05, 3.63) is 61.4 Å². The van der Waals surface area contributed by atoms with Gasteiger partial charge in [0.2, 0.25) is 0 Å². The second-order valence-electron chi connectivity index (χ2n) is 6.54. The zero-order valence-corrected chi connectivity index (χ0v) is 17.9. The fourth-order valence-corrected chi connectivity index (χ4v) is 4.53. The molecule has 3 heterocycles. The molecule has 4 rings (SSSR count). The monoisotopic (exact) mass is 494 g/mol. The molecule has 5 nitrogen and oxygen atoms in total. The molecule has 0 bridgehead atoms. The molecule has 0 unspecified atom stereocenters. The highest BCUT2D eigenvalue weighted by Gasteiger charge is 2.48. The minimum atomic E-state index is -4.57. The van der Waals surface area contributed by atoms with E-state index in [1.807, 2.05) is 0 Å². The molecule has 0 spiro atoms. The van der Waals surface area contributed by atoms with Gasteiger partial charge in [-0.1, -0.05) is 40.9 Å². The zero-order chi connectivity index (χ0) is 21.6. The number of carbonyl (C=O) groups excluding carboxylic acids is 1. The smallest absolute Gasteiger partial charge is 0.361 e. The zero-order valence-electron chi connectivity index (χ0n) is 14.8. The molecule has 1 amide bonds. The fraction of sp³-hybridized carbons (Fsp3) is 0.222. The van der Waals surface area contributed by atoms with Gasteiger partial charge >= 0.3 is 6.18 Å². The Morgan fingerprint density at radius 1 is 1.23 bits per heavy atom. The van der Waals surface area contributed by atoms with Gasteiger partial charge in [0.15, 0.2) is 11.7 Å². The summed E-state index contributed by atoms with van der Waals surface area (Å²) < 4.78 is 42.0. The van der Waals surface area contributed by atoms with Crippen molar-refractivity contribution in [2.75, 3.05) is 10.6 Å². The highest BCUT2D eigenvalue weighted by molar-refractivity contribution is 7.10. The highest BCUT2D eigenvalue weighted by atomic mass is 35.5. The van der Waals surface area contributed by atoms with Crippen LogP contribution in [0.1, 0.15) is 33.9 Å². The van der Waals surface area contributed by atoms with Crippen LogP contribution in [0.25, 0.3) is 0 Å². The molecule has 0 radical (unpaired) electrons. The van der Waals surface area contributed by atoms with Crippen molar-refractivity contribution >= 4 is 63.6 Å². The van der Waals surface area contributed by atoms with Gasteiger partial charge in [0.05, 0.1) is 16.1 Å². The summed E-state index contributed by atoms with van der Waals surface area (Å²) in [6.07, 6.45) is -4.85. The third-order valence-electron chi connectivity index (χ3n) is 4.57. The van der Waals surface area contributed by atoms with E-state index in [-0.39, 0.29) is 28.0 Å². The number of alkyl halides is 3. The van der Waals surface area contributed by atoms with Gasteiger partial charge in [-0.2, -0.15) is 18.3 Å². The molecular weight excluding hydrogens is 484 g/mol. The molecule has 1 aliphatic heterocycles. The van der Waals surface area contributed by atoms with Crippen molar-refractivity contribution in [2.24, 2.45) is 0 Å². The molecule has 1 aliphatic rings. The molecule has 0 saturated carbocycles. The van der Waals surface area contributed by atoms with Crippen molar-refractivity contribution in [1.82, 2.24) is 9.78 Å². The Kier molecular flexibility index (Phi) is 5.65. The number of hydrogen-bond acceptors (Lipinski definition) is 4. The van der Waals surface area contributed by atoms with Crippen molar-refractivity contribution in [3.63, 3.8) is 0 Å². The molecule has 158 valence electrons. The summed E-state index contributed by atoms with van der Waals surface area (Å²) in [6.45, 7) is 0. The van der Waals surface area contributed by atoms with Crippen LogP contribution in [0.3, 0.4) is 0 Å². The number of nitrogens with one attached hydrogen (secondary N) is 2. The first-order valence-corrected chi connectivity index (χ1v) is 10.6. The highest BCUT2D eigenvalue weighted by Crippen LogP contribution is 2.46. The number of anilines is 2. The van der Waals surface area contributed by atoms with Crippen molar-refractivity contribution < 1.29 is 18.0 Å². The van der Waals surface area contributed by atoms with Crippen LogP contribution in [-0.2, 0) is 0 Å². The van der Waals surface area contributed by atoms with E-state index in [0.717, 1.165) is 9.56 Å². The third kappa shape index (κ3) is 3.99. The number of thiophene rings is 1. The van der Waals surface area contributed by atoms with Crippen LogP contribution in [0.2, 0.25) is 15.1 Å². The first kappa shape index (κ1) is 21.3. The summed E-state index contributed by atoms with van der Waals surface area (Å²) >= 11 is 19.4. The Bertz CT molecular complexity index is 1100. The predicted octanol–water partition coefficient (Wildman–Crippen LogP) is 6.82. The Morgan fingerprint density at radius 2 is 2.00 bits per heavy atom. The summed E-state index contributed by atoms with van der Waals surface area (Å²) in [6, 6.07) is 5.36. The lowest BCUT2D eigenvalue weighted by atomic mass is 10.0. The molecular formula is C18H12Cl3F3N4OS. The van der Waals surface area contributed by atoms with Gasteiger partial charge in [-0.3, -0.25) is 4.79 Å². The van der Waals surface area contributed by atoms with Crippen LogP contribution >= 0.6 is 46.1 Å². The van der Waals surface area contributed by atoms with Crippen molar-refractivity contribution in [1.29, 1.82) is 0 Å². The Morgan fingerprint density at radius 3 is 2.63 bits per heavy atom. The minimum absolute atomic E-state index is 0.0528. The molecule has 0 aliphatic carbocycles. The summed E-state index contributed by atoms with van der Waals surface area (Å²) in [5.74, 6) is -0.821. The van der Waals surface area contributed by atoms with E-state index in [9.17, 15) is 18.0 Å². The second kappa shape index (κ2) is 7.96. The molecule has 30 heavy (non-hydrogen) atoms. The molecule has 2 N–H and O–H groups in total. The number of nitrogens with zero attached hydrogens (tertiary/aromatic N) is 2. The largest absolute Gasteiger partial charge is 0.410 e. The summed E-state index contributed by atoms with van der Waals surface area (Å²) in [5, 5.41) is 11.5. The molecule has 1 aromatic carbocycles. The van der Waals surface area contributed by atoms with Crippen molar-refractivity contribution in [3.8, 4) is 0 Å². The number of fused-ring (bicyclic) bond motifs is 1. The lowest BCUT2D eigenvalue weighted by Gasteiger charge is -2.32. The van der Waals surface area contributed by atoms with Crippen molar-refractivity contribution in [2.45, 2.75) is 24.7 Å². The number of aromatic nitrogens is 2. The topological polar surface area (TPSA) is 59.0 Å². The summed E-state index contributed by atoms with van der Waals surface area (Å²) in [7, 11) is 0. The normalized spacial score (nSPS) is 18.6. The number of carbonyl (C=O) groups is 1. The maximum Gasteiger partial charge on any atom is 0.410 e. The number of hydrogen-bond donors (Lipinski definition) is 2. The maximum absolute atomic E-state index is 13.8. The minimum Gasteiger partial charge on any atom is -0.361 e. The van der Waals surface area contributed by atoms with E-state index < -0.39 is 24.2 Å². The number of benzene rings is 1. The summed E-state index contributed by atoms with van der Waals surface area (Å²) in [4.78, 5) is 13.4. The maximum atomic E-state index is 13.8. The number of halogens is 6. The van der Waals surface area contributed by atoms with E-state index in [1.54, 1.807) is 17.5 Å². The van der Waals surface area contributed by atoms with E-state index in [0.29, 0.717) is 10.7 Å². The van der Waals surface area contributed by atoms with E-state index >= 15 is 0 Å². The molecule has 2 atom stereocenters. The van der Waals surface area contributed by atoms with Crippen LogP contribution in [0.5, 0.6) is 0 Å². The van der Waals surface area contributed by atoms with Gasteiger partial charge in [-0.05, 0) is 29.6 Å². The van der Waals surface area contributed by atoms with Gasteiger partial charge in [0, 0.05) is 17.0 Å². The number of amides is 1. The van der Waals surface area contributed by atoms with E-state index in [2.05, 4.69) is 15.7 Å². The lowest BCUT2D eigenvalue weighted by molar-refractivity contribution is -0.173. The van der Waals surface area contributed by atoms with Gasteiger partial charge in [-0.15, -0.1) is 11.3 Å². The van der Waals surface area contributed by atoms with Gasteiger partial charge in [0.1, 0.15) is 10.8 Å². The van der Waals surface area contributed by atoms with Gasteiger partial charge in [-0.25, -0.2) is 4.68 Å². The average molecular weight is 496 g/mol. The molecule has 12 heteroatoms. The quantitative estimate of drug-likeness (QED) is 0.419. The van der Waals surface area contributed by atoms with Crippen LogP contribution in [-0.4, -0.2) is 21.9 Å². The molecule has 3 aromatic rings. The SMILES string of the molecule is O=C(Nc1ccc(Cl)c(Cl)c1)c1nn2c(c1Cl)N[C@H](c1cccs1)C[C@@H]2C(F)(F)F. The lowest BCUT2D eigenvalue weighted by Crippen LogP contribution is -2.35. The third-order valence-corrected chi connectivity index (χ3v) is 6.66. The van der Waals surface area contributed by atoms with Crippen LogP contribution in [0, 0.1) is 0 Å². The standard InChI is InChI=1S/C18H12Cl3F3N4OS/c19-9-4-3-8(6-10(9)20)25-17(29)15-14(21)16-26-11(12-2-1-5-30-12)7-13(18(22,23)24)28(16)27-15/h1-6,11,13,26H,7H2,(H,25,29)/t11-,13+/m0/s1. The Balaban J connectivity index is 1.69. The van der Waals surface area contributed by atoms with Crippen LogP contribution in [0.4, 0.5) is 24.7 Å². The molecule has 0 fully saturated rings. The average Bonchev–Trinajstić information content (AvgIpc) is 3.32. The fourth-order valence-electron chi connectivity index (χ4n) is 3.17. The summed E-state index contributed by atoms with van der Waals surface area (Å²) in [5.41, 5.74) is -0.0282. The van der Waals surface area contributed by atoms with Crippen LogP contribution in [0.15, 0.2) is 35.7 Å². The Hall–Kier alpha value is -1.94. The Labute approximate surface area is 187 Å². The number of rotatable bonds is 3. The molecule has 0 saturated heterocycles. The molecule has 2 aromatic heterocycles.